The standard InChI is InChI=1S/C13H27N3O2/c1-3-16(4-2)13(17)12-14-6-5-7-15-8-10-18-11-9-15/h14H,3-12H2,1-2H3. The molecular formula is C13H27N3O2. The molecule has 0 spiro atoms. The van der Waals surface area contributed by atoms with Crippen molar-refractivity contribution in [3.63, 3.8) is 0 Å². The van der Waals surface area contributed by atoms with Crippen LogP contribution in [0.15, 0.2) is 0 Å². The summed E-state index contributed by atoms with van der Waals surface area (Å²) in [4.78, 5) is 16.0. The van der Waals surface area contributed by atoms with E-state index in [1.807, 2.05) is 18.7 Å². The number of likely N-dealkylation sites (N-methyl/N-ethyl adjacent to an activating group) is 1. The molecule has 0 atom stereocenters. The summed E-state index contributed by atoms with van der Waals surface area (Å²) in [6.45, 7) is 11.9. The lowest BCUT2D eigenvalue weighted by Crippen LogP contribution is -2.40. The molecule has 0 aromatic carbocycles. The van der Waals surface area contributed by atoms with Crippen molar-refractivity contribution in [1.82, 2.24) is 15.1 Å². The summed E-state index contributed by atoms with van der Waals surface area (Å²) in [5, 5.41) is 3.22. The van der Waals surface area contributed by atoms with Crippen molar-refractivity contribution in [3.8, 4) is 0 Å². The van der Waals surface area contributed by atoms with Crippen molar-refractivity contribution in [1.29, 1.82) is 0 Å². The number of morpholine rings is 1. The van der Waals surface area contributed by atoms with Crippen LogP contribution in [0.4, 0.5) is 0 Å². The number of nitrogens with one attached hydrogen (secondary N) is 1. The fraction of sp³-hybridized carbons (Fsp3) is 0.923. The molecule has 0 aromatic rings. The van der Waals surface area contributed by atoms with Crippen LogP contribution in [0.5, 0.6) is 0 Å². The SMILES string of the molecule is CCN(CC)C(=O)CNCCCN1CCOCC1. The summed E-state index contributed by atoms with van der Waals surface area (Å²) in [6.07, 6.45) is 1.09. The molecule has 0 saturated carbocycles. The molecule has 0 aliphatic carbocycles. The largest absolute Gasteiger partial charge is 0.379 e. The average molecular weight is 257 g/mol. The van der Waals surface area contributed by atoms with Gasteiger partial charge in [-0.15, -0.1) is 0 Å². The predicted molar refractivity (Wildman–Crippen MR) is 72.7 cm³/mol. The molecule has 1 heterocycles. The summed E-state index contributed by atoms with van der Waals surface area (Å²) < 4.78 is 5.30. The fourth-order valence-electron chi connectivity index (χ4n) is 2.14. The van der Waals surface area contributed by atoms with Crippen LogP contribution in [0, 0.1) is 0 Å². The van der Waals surface area contributed by atoms with Gasteiger partial charge in [0, 0.05) is 26.2 Å². The normalized spacial score (nSPS) is 16.8. The quantitative estimate of drug-likeness (QED) is 0.630. The third-order valence-electron chi connectivity index (χ3n) is 3.32. The molecule has 1 rings (SSSR count). The second-order valence-electron chi connectivity index (χ2n) is 4.55. The summed E-state index contributed by atoms with van der Waals surface area (Å²) in [7, 11) is 0. The van der Waals surface area contributed by atoms with E-state index in [0.29, 0.717) is 6.54 Å². The van der Waals surface area contributed by atoms with Gasteiger partial charge in [-0.25, -0.2) is 0 Å². The van der Waals surface area contributed by atoms with E-state index in [1.54, 1.807) is 0 Å². The van der Waals surface area contributed by atoms with Gasteiger partial charge in [0.05, 0.1) is 19.8 Å². The number of rotatable bonds is 8. The van der Waals surface area contributed by atoms with Crippen LogP contribution in [0.2, 0.25) is 0 Å². The number of ether oxygens (including phenoxy) is 1. The first-order valence-electron chi connectivity index (χ1n) is 7.06. The van der Waals surface area contributed by atoms with Crippen molar-refractivity contribution in [2.45, 2.75) is 20.3 Å². The molecule has 1 fully saturated rings. The third kappa shape index (κ3) is 5.80. The Labute approximate surface area is 110 Å². The van der Waals surface area contributed by atoms with Crippen LogP contribution in [0.25, 0.3) is 0 Å². The van der Waals surface area contributed by atoms with Gasteiger partial charge >= 0.3 is 0 Å². The molecule has 1 amide bonds. The van der Waals surface area contributed by atoms with Crippen LogP contribution in [-0.4, -0.2) is 74.7 Å². The van der Waals surface area contributed by atoms with Crippen molar-refractivity contribution < 1.29 is 9.53 Å². The second kappa shape index (κ2) is 9.30. The van der Waals surface area contributed by atoms with Crippen molar-refractivity contribution >= 4 is 5.91 Å². The third-order valence-corrected chi connectivity index (χ3v) is 3.32. The van der Waals surface area contributed by atoms with Gasteiger partial charge in [-0.2, -0.15) is 0 Å². The molecule has 0 aromatic heterocycles. The monoisotopic (exact) mass is 257 g/mol. The molecule has 1 N–H and O–H groups in total. The molecule has 106 valence electrons. The van der Waals surface area contributed by atoms with E-state index in [1.165, 1.54) is 0 Å². The Kier molecular flexibility index (Phi) is 7.96. The zero-order valence-electron chi connectivity index (χ0n) is 11.8. The first-order valence-corrected chi connectivity index (χ1v) is 7.06. The Balaban J connectivity index is 1.99. The van der Waals surface area contributed by atoms with Crippen LogP contribution in [-0.2, 0) is 9.53 Å². The van der Waals surface area contributed by atoms with Gasteiger partial charge in [0.25, 0.3) is 0 Å². The van der Waals surface area contributed by atoms with Gasteiger partial charge in [-0.05, 0) is 33.4 Å². The van der Waals surface area contributed by atoms with Crippen LogP contribution in [0.3, 0.4) is 0 Å². The van der Waals surface area contributed by atoms with Crippen molar-refractivity contribution in [2.24, 2.45) is 0 Å². The first-order chi connectivity index (χ1) is 8.77. The highest BCUT2D eigenvalue weighted by Crippen LogP contribution is 1.97. The summed E-state index contributed by atoms with van der Waals surface area (Å²) >= 11 is 0. The summed E-state index contributed by atoms with van der Waals surface area (Å²) in [5.74, 6) is 0.200. The topological polar surface area (TPSA) is 44.8 Å². The Morgan fingerprint density at radius 3 is 2.56 bits per heavy atom. The maximum absolute atomic E-state index is 11.7. The Morgan fingerprint density at radius 2 is 1.94 bits per heavy atom. The molecule has 1 aliphatic rings. The number of amides is 1. The van der Waals surface area contributed by atoms with Gasteiger partial charge in [0.15, 0.2) is 0 Å². The predicted octanol–water partition coefficient (Wildman–Crippen LogP) is 0.167. The minimum Gasteiger partial charge on any atom is -0.379 e. The van der Waals surface area contributed by atoms with Crippen molar-refractivity contribution in [2.75, 3.05) is 59.0 Å². The minimum absolute atomic E-state index is 0.200. The maximum atomic E-state index is 11.7. The van der Waals surface area contributed by atoms with E-state index < -0.39 is 0 Å². The zero-order chi connectivity index (χ0) is 13.2. The molecular weight excluding hydrogens is 230 g/mol. The van der Waals surface area contributed by atoms with Crippen LogP contribution < -0.4 is 5.32 Å². The molecule has 18 heavy (non-hydrogen) atoms. The van der Waals surface area contributed by atoms with Gasteiger partial charge in [-0.3, -0.25) is 9.69 Å². The maximum Gasteiger partial charge on any atom is 0.236 e. The van der Waals surface area contributed by atoms with E-state index in [9.17, 15) is 4.79 Å². The molecule has 0 unspecified atom stereocenters. The molecule has 5 nitrogen and oxygen atoms in total. The molecule has 0 bridgehead atoms. The first kappa shape index (κ1) is 15.4. The number of carbonyl (C=O) groups excluding carboxylic acids is 1. The highest BCUT2D eigenvalue weighted by Gasteiger charge is 2.10. The minimum atomic E-state index is 0.200. The van der Waals surface area contributed by atoms with E-state index in [-0.39, 0.29) is 5.91 Å². The second-order valence-corrected chi connectivity index (χ2v) is 4.55. The Hall–Kier alpha value is -0.650. The van der Waals surface area contributed by atoms with E-state index in [0.717, 1.165) is 58.9 Å². The van der Waals surface area contributed by atoms with Gasteiger partial charge in [0.2, 0.25) is 5.91 Å². The van der Waals surface area contributed by atoms with Crippen LogP contribution >= 0.6 is 0 Å². The lowest BCUT2D eigenvalue weighted by molar-refractivity contribution is -0.129. The Bertz CT molecular complexity index is 226. The number of hydrogen-bond acceptors (Lipinski definition) is 4. The molecule has 1 saturated heterocycles. The smallest absolute Gasteiger partial charge is 0.236 e. The van der Waals surface area contributed by atoms with E-state index >= 15 is 0 Å². The zero-order valence-corrected chi connectivity index (χ0v) is 11.8. The molecule has 5 heteroatoms. The highest BCUT2D eigenvalue weighted by atomic mass is 16.5. The van der Waals surface area contributed by atoms with Crippen LogP contribution in [0.1, 0.15) is 20.3 Å². The van der Waals surface area contributed by atoms with E-state index in [4.69, 9.17) is 4.74 Å². The average Bonchev–Trinajstić information content (AvgIpc) is 2.41. The lowest BCUT2D eigenvalue weighted by Gasteiger charge is -2.26. The van der Waals surface area contributed by atoms with Gasteiger partial charge in [0.1, 0.15) is 0 Å². The van der Waals surface area contributed by atoms with Gasteiger partial charge in [-0.1, -0.05) is 0 Å². The summed E-state index contributed by atoms with van der Waals surface area (Å²) in [6, 6.07) is 0. The number of carbonyl (C=O) groups is 1. The summed E-state index contributed by atoms with van der Waals surface area (Å²) in [5.41, 5.74) is 0. The van der Waals surface area contributed by atoms with E-state index in [2.05, 4.69) is 10.2 Å². The van der Waals surface area contributed by atoms with Crippen molar-refractivity contribution in [3.05, 3.63) is 0 Å². The highest BCUT2D eigenvalue weighted by molar-refractivity contribution is 5.78. The lowest BCUT2D eigenvalue weighted by atomic mass is 10.3. The Morgan fingerprint density at radius 1 is 1.28 bits per heavy atom. The molecule has 1 aliphatic heterocycles. The number of hydrogen-bond donors (Lipinski definition) is 1. The fourth-order valence-corrected chi connectivity index (χ4v) is 2.14. The number of nitrogens with zero attached hydrogens (tertiary/aromatic N) is 2. The van der Waals surface area contributed by atoms with Gasteiger partial charge < -0.3 is 15.0 Å². The molecule has 0 radical (unpaired) electrons.